The molecule has 2 aromatic carbocycles. The first-order chi connectivity index (χ1) is 8.97. The zero-order valence-corrected chi connectivity index (χ0v) is 10.9. The van der Waals surface area contributed by atoms with E-state index < -0.39 is 0 Å². The Bertz CT molecular complexity index is 636. The monoisotopic (exact) mass is 256 g/mol. The zero-order chi connectivity index (χ0) is 14.0. The topological polar surface area (TPSA) is 75.3 Å². The lowest BCUT2D eigenvalue weighted by Crippen LogP contribution is -2.12. The second kappa shape index (κ2) is 5.02. The minimum absolute atomic E-state index is 0.206. The first kappa shape index (κ1) is 13.0. The van der Waals surface area contributed by atoms with E-state index in [1.54, 1.807) is 37.3 Å². The molecular formula is C15H16N2O2. The van der Waals surface area contributed by atoms with Crippen LogP contribution in [-0.2, 0) is 0 Å². The highest BCUT2D eigenvalue weighted by Gasteiger charge is 2.08. The number of hydrogen-bond donors (Lipinski definition) is 3. The van der Waals surface area contributed by atoms with Crippen molar-refractivity contribution in [3.63, 3.8) is 0 Å². The van der Waals surface area contributed by atoms with E-state index in [0.717, 1.165) is 5.56 Å². The number of carbonyl (C=O) groups excluding carboxylic acids is 1. The summed E-state index contributed by atoms with van der Waals surface area (Å²) in [5.41, 5.74) is 9.17. The molecule has 0 atom stereocenters. The Morgan fingerprint density at radius 2 is 1.84 bits per heavy atom. The van der Waals surface area contributed by atoms with E-state index in [4.69, 9.17) is 5.73 Å². The molecule has 0 bridgehead atoms. The molecule has 0 radical (unpaired) electrons. The van der Waals surface area contributed by atoms with Crippen LogP contribution in [-0.4, -0.2) is 11.0 Å². The lowest BCUT2D eigenvalue weighted by atomic mass is 10.1. The van der Waals surface area contributed by atoms with Crippen LogP contribution < -0.4 is 11.1 Å². The van der Waals surface area contributed by atoms with Gasteiger partial charge in [-0.2, -0.15) is 0 Å². The SMILES string of the molecule is Cc1ccc(C(=O)Nc2ccc(O)c(C)c2)cc1N. The van der Waals surface area contributed by atoms with Crippen molar-refractivity contribution in [3.8, 4) is 5.75 Å². The normalized spacial score (nSPS) is 10.2. The fourth-order valence-electron chi connectivity index (χ4n) is 1.72. The average molecular weight is 256 g/mol. The van der Waals surface area contributed by atoms with Crippen molar-refractivity contribution in [2.75, 3.05) is 11.1 Å². The highest BCUT2D eigenvalue weighted by Crippen LogP contribution is 2.21. The summed E-state index contributed by atoms with van der Waals surface area (Å²) in [6.07, 6.45) is 0. The number of rotatable bonds is 2. The van der Waals surface area contributed by atoms with E-state index in [2.05, 4.69) is 5.32 Å². The zero-order valence-electron chi connectivity index (χ0n) is 10.9. The minimum Gasteiger partial charge on any atom is -0.508 e. The fraction of sp³-hybridized carbons (Fsp3) is 0.133. The molecule has 0 aliphatic heterocycles. The molecule has 4 heteroatoms. The summed E-state index contributed by atoms with van der Waals surface area (Å²) in [6.45, 7) is 3.66. The Balaban J connectivity index is 2.20. The Morgan fingerprint density at radius 3 is 2.47 bits per heavy atom. The van der Waals surface area contributed by atoms with Gasteiger partial charge >= 0.3 is 0 Å². The van der Waals surface area contributed by atoms with E-state index in [0.29, 0.717) is 22.5 Å². The number of aromatic hydroxyl groups is 1. The third-order valence-corrected chi connectivity index (χ3v) is 3.00. The molecule has 0 aliphatic carbocycles. The predicted molar refractivity (Wildman–Crippen MR) is 76.4 cm³/mol. The van der Waals surface area contributed by atoms with Crippen molar-refractivity contribution >= 4 is 17.3 Å². The number of amides is 1. The lowest BCUT2D eigenvalue weighted by molar-refractivity contribution is 0.102. The summed E-state index contributed by atoms with van der Waals surface area (Å²) in [6, 6.07) is 10.1. The van der Waals surface area contributed by atoms with Gasteiger partial charge in [0.1, 0.15) is 5.75 Å². The van der Waals surface area contributed by atoms with Gasteiger partial charge in [-0.05, 0) is 55.3 Å². The van der Waals surface area contributed by atoms with Gasteiger partial charge in [0, 0.05) is 16.9 Å². The molecule has 0 unspecified atom stereocenters. The number of phenolic OH excluding ortho intramolecular Hbond substituents is 1. The molecule has 98 valence electrons. The summed E-state index contributed by atoms with van der Waals surface area (Å²) in [7, 11) is 0. The second-order valence-corrected chi connectivity index (χ2v) is 4.53. The van der Waals surface area contributed by atoms with Gasteiger partial charge in [-0.1, -0.05) is 6.07 Å². The number of benzene rings is 2. The molecule has 4 N–H and O–H groups in total. The van der Waals surface area contributed by atoms with Crippen molar-refractivity contribution in [1.29, 1.82) is 0 Å². The number of nitrogens with one attached hydrogen (secondary N) is 1. The highest BCUT2D eigenvalue weighted by atomic mass is 16.3. The maximum atomic E-state index is 12.0. The van der Waals surface area contributed by atoms with Gasteiger partial charge in [0.15, 0.2) is 0 Å². The number of hydrogen-bond acceptors (Lipinski definition) is 3. The number of aryl methyl sites for hydroxylation is 2. The molecule has 0 saturated heterocycles. The number of nitrogen functional groups attached to an aromatic ring is 1. The van der Waals surface area contributed by atoms with Crippen molar-refractivity contribution < 1.29 is 9.90 Å². The van der Waals surface area contributed by atoms with Crippen molar-refractivity contribution in [1.82, 2.24) is 0 Å². The van der Waals surface area contributed by atoms with E-state index >= 15 is 0 Å². The fourth-order valence-corrected chi connectivity index (χ4v) is 1.72. The highest BCUT2D eigenvalue weighted by molar-refractivity contribution is 6.04. The average Bonchev–Trinajstić information content (AvgIpc) is 2.37. The van der Waals surface area contributed by atoms with Crippen LogP contribution in [0.4, 0.5) is 11.4 Å². The quantitative estimate of drug-likeness (QED) is 0.571. The van der Waals surface area contributed by atoms with Gasteiger partial charge in [0.2, 0.25) is 0 Å². The second-order valence-electron chi connectivity index (χ2n) is 4.53. The summed E-state index contributed by atoms with van der Waals surface area (Å²) < 4.78 is 0. The molecule has 4 nitrogen and oxygen atoms in total. The Labute approximate surface area is 111 Å². The van der Waals surface area contributed by atoms with Gasteiger partial charge in [-0.15, -0.1) is 0 Å². The van der Waals surface area contributed by atoms with Crippen LogP contribution in [0.3, 0.4) is 0 Å². The first-order valence-electron chi connectivity index (χ1n) is 5.94. The number of nitrogens with two attached hydrogens (primary N) is 1. The number of carbonyl (C=O) groups is 1. The summed E-state index contributed by atoms with van der Waals surface area (Å²) in [5, 5.41) is 12.2. The molecule has 0 spiro atoms. The summed E-state index contributed by atoms with van der Waals surface area (Å²) >= 11 is 0. The first-order valence-corrected chi connectivity index (χ1v) is 5.94. The molecule has 1 amide bonds. The van der Waals surface area contributed by atoms with Crippen molar-refractivity contribution in [2.24, 2.45) is 0 Å². The van der Waals surface area contributed by atoms with Crippen LogP contribution >= 0.6 is 0 Å². The molecule has 19 heavy (non-hydrogen) atoms. The van der Waals surface area contributed by atoms with Gasteiger partial charge in [-0.3, -0.25) is 4.79 Å². The summed E-state index contributed by atoms with van der Waals surface area (Å²) in [5.74, 6) is -0.0191. The molecular weight excluding hydrogens is 240 g/mol. The smallest absolute Gasteiger partial charge is 0.255 e. The number of phenols is 1. The van der Waals surface area contributed by atoms with Gasteiger partial charge in [0.25, 0.3) is 5.91 Å². The molecule has 0 aliphatic rings. The van der Waals surface area contributed by atoms with E-state index in [1.807, 2.05) is 13.0 Å². The van der Waals surface area contributed by atoms with Crippen LogP contribution in [0.25, 0.3) is 0 Å². The maximum Gasteiger partial charge on any atom is 0.255 e. The standard InChI is InChI=1S/C15H16N2O2/c1-9-3-4-11(8-13(9)16)15(19)17-12-5-6-14(18)10(2)7-12/h3-8,18H,16H2,1-2H3,(H,17,19). The van der Waals surface area contributed by atoms with Gasteiger partial charge < -0.3 is 16.2 Å². The largest absolute Gasteiger partial charge is 0.508 e. The molecule has 0 heterocycles. The Morgan fingerprint density at radius 1 is 1.11 bits per heavy atom. The third-order valence-electron chi connectivity index (χ3n) is 3.00. The van der Waals surface area contributed by atoms with Gasteiger partial charge in [-0.25, -0.2) is 0 Å². The van der Waals surface area contributed by atoms with Crippen LogP contribution in [0.1, 0.15) is 21.5 Å². The molecule has 0 saturated carbocycles. The number of anilines is 2. The summed E-state index contributed by atoms with van der Waals surface area (Å²) in [4.78, 5) is 12.0. The van der Waals surface area contributed by atoms with Crippen LogP contribution in [0.15, 0.2) is 36.4 Å². The maximum absolute atomic E-state index is 12.0. The van der Waals surface area contributed by atoms with E-state index in [-0.39, 0.29) is 11.7 Å². The van der Waals surface area contributed by atoms with Crippen molar-refractivity contribution in [3.05, 3.63) is 53.1 Å². The Hall–Kier alpha value is -2.49. The van der Waals surface area contributed by atoms with Crippen LogP contribution in [0.5, 0.6) is 5.75 Å². The molecule has 0 fully saturated rings. The molecule has 0 aromatic heterocycles. The van der Waals surface area contributed by atoms with Crippen LogP contribution in [0, 0.1) is 13.8 Å². The Kier molecular flexibility index (Phi) is 3.42. The third kappa shape index (κ3) is 2.85. The minimum atomic E-state index is -0.225. The van der Waals surface area contributed by atoms with Crippen LogP contribution in [0.2, 0.25) is 0 Å². The predicted octanol–water partition coefficient (Wildman–Crippen LogP) is 2.84. The molecule has 2 rings (SSSR count). The lowest BCUT2D eigenvalue weighted by Gasteiger charge is -2.08. The van der Waals surface area contributed by atoms with E-state index in [9.17, 15) is 9.90 Å². The van der Waals surface area contributed by atoms with Crippen molar-refractivity contribution in [2.45, 2.75) is 13.8 Å². The van der Waals surface area contributed by atoms with E-state index in [1.165, 1.54) is 0 Å². The van der Waals surface area contributed by atoms with Gasteiger partial charge in [0.05, 0.1) is 0 Å². The molecule has 2 aromatic rings.